The molecule has 1 aromatic carbocycles. The summed E-state index contributed by atoms with van der Waals surface area (Å²) in [6.45, 7) is 1.97. The summed E-state index contributed by atoms with van der Waals surface area (Å²) in [5.41, 5.74) is 3.08. The van der Waals surface area contributed by atoms with Crippen LogP contribution in [0.25, 0.3) is 10.9 Å². The third kappa shape index (κ3) is 7.58. The standard InChI is InChI=1S/C28H37FN6O3/c1-38-22(17-29)18-35(15-5-4-8-21-12-11-20-7-6-14-30-26(20)33-21)16-13-25(28(36)37)34-27-23-9-2-3-10-24(23)31-19-32-27/h2-3,9-12,19,22,25H,4-8,13-18H2,1H3,(H,30,33)(H,36,37)(H,31,32,34). The van der Waals surface area contributed by atoms with Gasteiger partial charge in [-0.15, -0.1) is 0 Å². The predicted molar refractivity (Wildman–Crippen MR) is 146 cm³/mol. The number of nitrogens with zero attached hydrogens (tertiary/aromatic N) is 4. The molecule has 0 spiro atoms. The van der Waals surface area contributed by atoms with Crippen LogP contribution in [0.15, 0.2) is 42.7 Å². The second-order valence-corrected chi connectivity index (χ2v) is 9.67. The fraction of sp³-hybridized carbons (Fsp3) is 0.500. The van der Waals surface area contributed by atoms with Crippen molar-refractivity contribution in [2.24, 2.45) is 0 Å². The molecule has 10 heteroatoms. The van der Waals surface area contributed by atoms with Gasteiger partial charge in [-0.05, 0) is 68.8 Å². The lowest BCUT2D eigenvalue weighted by Crippen LogP contribution is -2.39. The molecule has 3 N–H and O–H groups in total. The van der Waals surface area contributed by atoms with Crippen molar-refractivity contribution in [3.8, 4) is 0 Å². The number of aromatic nitrogens is 3. The lowest BCUT2D eigenvalue weighted by molar-refractivity contribution is -0.138. The number of ether oxygens (including phenoxy) is 1. The number of carboxylic acids is 1. The largest absolute Gasteiger partial charge is 0.480 e. The molecular weight excluding hydrogens is 487 g/mol. The molecule has 0 saturated heterocycles. The monoisotopic (exact) mass is 524 g/mol. The van der Waals surface area contributed by atoms with Crippen molar-refractivity contribution in [1.82, 2.24) is 19.9 Å². The van der Waals surface area contributed by atoms with Crippen molar-refractivity contribution in [2.75, 3.05) is 50.6 Å². The van der Waals surface area contributed by atoms with Gasteiger partial charge in [0.2, 0.25) is 0 Å². The minimum absolute atomic E-state index is 0.328. The molecule has 3 aromatic rings. The zero-order valence-electron chi connectivity index (χ0n) is 21.9. The van der Waals surface area contributed by atoms with Gasteiger partial charge < -0.3 is 25.4 Å². The lowest BCUT2D eigenvalue weighted by Gasteiger charge is -2.27. The molecule has 0 aliphatic carbocycles. The van der Waals surface area contributed by atoms with Crippen molar-refractivity contribution in [1.29, 1.82) is 0 Å². The van der Waals surface area contributed by atoms with Gasteiger partial charge in [-0.1, -0.05) is 18.2 Å². The molecule has 0 bridgehead atoms. The molecule has 9 nitrogen and oxygen atoms in total. The van der Waals surface area contributed by atoms with Crippen molar-refractivity contribution < 1.29 is 19.0 Å². The molecule has 0 saturated carbocycles. The Balaban J connectivity index is 1.33. The second kappa shape index (κ2) is 14.0. The van der Waals surface area contributed by atoms with Crippen LogP contribution in [0.3, 0.4) is 0 Å². The Morgan fingerprint density at radius 2 is 2.08 bits per heavy atom. The number of fused-ring (bicyclic) bond motifs is 2. The smallest absolute Gasteiger partial charge is 0.326 e. The fourth-order valence-electron chi connectivity index (χ4n) is 4.77. The van der Waals surface area contributed by atoms with Gasteiger partial charge in [0.05, 0.1) is 11.6 Å². The molecule has 1 aliphatic heterocycles. The number of nitrogens with one attached hydrogen (secondary N) is 2. The molecule has 38 heavy (non-hydrogen) atoms. The number of aliphatic carboxylic acids is 1. The van der Waals surface area contributed by atoms with Gasteiger partial charge in [-0.25, -0.2) is 24.1 Å². The molecule has 2 aromatic heterocycles. The van der Waals surface area contributed by atoms with E-state index < -0.39 is 24.8 Å². The minimum Gasteiger partial charge on any atom is -0.480 e. The Kier molecular flexibility index (Phi) is 10.2. The number of aryl methyl sites for hydroxylation is 2. The highest BCUT2D eigenvalue weighted by molar-refractivity contribution is 5.90. The van der Waals surface area contributed by atoms with E-state index in [4.69, 9.17) is 9.72 Å². The van der Waals surface area contributed by atoms with Crippen LogP contribution in [-0.2, 0) is 22.4 Å². The Labute approximate surface area is 222 Å². The minimum atomic E-state index is -0.964. The zero-order chi connectivity index (χ0) is 26.7. The van der Waals surface area contributed by atoms with Gasteiger partial charge >= 0.3 is 5.97 Å². The number of methoxy groups -OCH3 is 1. The molecule has 0 amide bonds. The summed E-state index contributed by atoms with van der Waals surface area (Å²) in [6.07, 6.45) is 6.09. The summed E-state index contributed by atoms with van der Waals surface area (Å²) in [4.78, 5) is 27.4. The van der Waals surface area contributed by atoms with Crippen LogP contribution < -0.4 is 10.6 Å². The molecule has 3 heterocycles. The van der Waals surface area contributed by atoms with Gasteiger partial charge in [0.25, 0.3) is 0 Å². The maximum absolute atomic E-state index is 13.4. The molecule has 4 rings (SSSR count). The molecule has 2 unspecified atom stereocenters. The molecular formula is C28H37FN6O3. The average molecular weight is 525 g/mol. The number of unbranched alkanes of at least 4 members (excludes halogenated alkanes) is 1. The van der Waals surface area contributed by atoms with E-state index >= 15 is 0 Å². The third-order valence-corrected chi connectivity index (χ3v) is 6.96. The van der Waals surface area contributed by atoms with Crippen LogP contribution in [0.5, 0.6) is 0 Å². The highest BCUT2D eigenvalue weighted by Gasteiger charge is 2.22. The molecule has 204 valence electrons. The number of hydrogen-bond donors (Lipinski definition) is 3. The number of carboxylic acid groups (broad SMARTS) is 1. The Morgan fingerprint density at radius 1 is 1.21 bits per heavy atom. The molecule has 0 fully saturated rings. The summed E-state index contributed by atoms with van der Waals surface area (Å²) in [6, 6.07) is 10.9. The topological polar surface area (TPSA) is 113 Å². The van der Waals surface area contributed by atoms with E-state index in [2.05, 4.69) is 37.6 Å². The van der Waals surface area contributed by atoms with E-state index in [1.54, 1.807) is 0 Å². The van der Waals surface area contributed by atoms with E-state index in [9.17, 15) is 14.3 Å². The fourth-order valence-corrected chi connectivity index (χ4v) is 4.77. The quantitative estimate of drug-likeness (QED) is 0.254. The predicted octanol–water partition coefficient (Wildman–Crippen LogP) is 3.95. The summed E-state index contributed by atoms with van der Waals surface area (Å²) in [5.74, 6) is 0.526. The van der Waals surface area contributed by atoms with E-state index in [0.717, 1.165) is 61.1 Å². The van der Waals surface area contributed by atoms with Crippen LogP contribution in [0.2, 0.25) is 0 Å². The number of hydrogen-bond acceptors (Lipinski definition) is 8. The first-order valence-corrected chi connectivity index (χ1v) is 13.3. The number of halogens is 1. The summed E-state index contributed by atoms with van der Waals surface area (Å²) in [7, 11) is 1.50. The zero-order valence-corrected chi connectivity index (χ0v) is 21.9. The van der Waals surface area contributed by atoms with Crippen LogP contribution in [0.1, 0.15) is 36.9 Å². The van der Waals surface area contributed by atoms with E-state index in [1.807, 2.05) is 24.3 Å². The van der Waals surface area contributed by atoms with Crippen LogP contribution in [-0.4, -0.2) is 83.0 Å². The number of benzene rings is 1. The highest BCUT2D eigenvalue weighted by atomic mass is 19.1. The molecule has 1 aliphatic rings. The summed E-state index contributed by atoms with van der Waals surface area (Å²) < 4.78 is 18.7. The maximum atomic E-state index is 13.4. The lowest BCUT2D eigenvalue weighted by atomic mass is 10.1. The molecule has 2 atom stereocenters. The second-order valence-electron chi connectivity index (χ2n) is 9.67. The first-order chi connectivity index (χ1) is 18.6. The maximum Gasteiger partial charge on any atom is 0.326 e. The van der Waals surface area contributed by atoms with E-state index in [1.165, 1.54) is 19.0 Å². The number of pyridine rings is 1. The van der Waals surface area contributed by atoms with Crippen molar-refractivity contribution in [3.05, 3.63) is 54.0 Å². The Hall–Kier alpha value is -3.37. The van der Waals surface area contributed by atoms with Gasteiger partial charge in [0.1, 0.15) is 30.7 Å². The van der Waals surface area contributed by atoms with E-state index in [0.29, 0.717) is 31.9 Å². The van der Waals surface area contributed by atoms with Gasteiger partial charge in [0, 0.05) is 37.8 Å². The number of alkyl halides is 1. The number of para-hydroxylation sites is 1. The highest BCUT2D eigenvalue weighted by Crippen LogP contribution is 2.21. The van der Waals surface area contributed by atoms with Crippen LogP contribution in [0, 0.1) is 0 Å². The Bertz CT molecular complexity index is 1190. The van der Waals surface area contributed by atoms with E-state index in [-0.39, 0.29) is 0 Å². The van der Waals surface area contributed by atoms with Crippen LogP contribution in [0.4, 0.5) is 16.0 Å². The van der Waals surface area contributed by atoms with Crippen molar-refractivity contribution in [3.63, 3.8) is 0 Å². The van der Waals surface area contributed by atoms with Gasteiger partial charge in [-0.3, -0.25) is 0 Å². The first-order valence-electron chi connectivity index (χ1n) is 13.3. The number of carbonyl (C=O) groups is 1. The number of anilines is 2. The molecule has 0 radical (unpaired) electrons. The summed E-state index contributed by atoms with van der Waals surface area (Å²) in [5, 5.41) is 17.1. The SMILES string of the molecule is COC(CF)CN(CCCCc1ccc2c(n1)NCCC2)CCC(Nc1ncnc2ccccc12)C(=O)O. The van der Waals surface area contributed by atoms with Crippen LogP contribution >= 0.6 is 0 Å². The average Bonchev–Trinajstić information content (AvgIpc) is 2.95. The number of rotatable bonds is 15. The van der Waals surface area contributed by atoms with Gasteiger partial charge in [-0.2, -0.15) is 0 Å². The van der Waals surface area contributed by atoms with Gasteiger partial charge in [0.15, 0.2) is 0 Å². The van der Waals surface area contributed by atoms with Crippen molar-refractivity contribution in [2.45, 2.75) is 50.7 Å². The first kappa shape index (κ1) is 27.7. The normalized spacial score (nSPS) is 14.6. The third-order valence-electron chi connectivity index (χ3n) is 6.96. The Morgan fingerprint density at radius 3 is 2.89 bits per heavy atom. The van der Waals surface area contributed by atoms with Crippen molar-refractivity contribution >= 4 is 28.5 Å². The summed E-state index contributed by atoms with van der Waals surface area (Å²) >= 11 is 0.